The molecule has 156 valence electrons. The number of carbonyl (C=O) groups is 1. The molecule has 1 aromatic heterocycles. The first kappa shape index (κ1) is 20.7. The molecule has 7 heteroatoms. The molecule has 31 heavy (non-hydrogen) atoms. The first-order valence-corrected chi connectivity index (χ1v) is 10.9. The third-order valence-electron chi connectivity index (χ3n) is 4.80. The zero-order valence-electron chi connectivity index (χ0n) is 17.0. The molecule has 0 saturated carbocycles. The molecule has 0 fully saturated rings. The predicted octanol–water partition coefficient (Wildman–Crippen LogP) is 4.79. The number of phenolic OH excluding ortho intramolecular Hbond substituents is 1. The molecule has 1 N–H and O–H groups in total. The Balaban J connectivity index is 1.65. The van der Waals surface area contributed by atoms with Gasteiger partial charge in [-0.2, -0.15) is 0 Å². The third-order valence-corrected chi connectivity index (χ3v) is 5.72. The number of para-hydroxylation sites is 3. The number of carbonyl (C=O) groups excluding carboxylic acids is 1. The summed E-state index contributed by atoms with van der Waals surface area (Å²) < 4.78 is 1.87. The van der Waals surface area contributed by atoms with Crippen LogP contribution in [0.1, 0.15) is 6.92 Å². The van der Waals surface area contributed by atoms with Crippen LogP contribution in [0.15, 0.2) is 90.1 Å². The first-order valence-electron chi connectivity index (χ1n) is 9.96. The van der Waals surface area contributed by atoms with Crippen LogP contribution in [-0.4, -0.2) is 38.1 Å². The van der Waals surface area contributed by atoms with Gasteiger partial charge in [-0.1, -0.05) is 60.3 Å². The highest BCUT2D eigenvalue weighted by molar-refractivity contribution is 7.99. The van der Waals surface area contributed by atoms with Gasteiger partial charge >= 0.3 is 0 Å². The van der Waals surface area contributed by atoms with Crippen molar-refractivity contribution in [3.63, 3.8) is 0 Å². The third kappa shape index (κ3) is 4.46. The molecule has 0 saturated heterocycles. The fraction of sp³-hybridized carbons (Fsp3) is 0.125. The van der Waals surface area contributed by atoms with E-state index in [1.807, 2.05) is 78.2 Å². The standard InChI is InChI=1S/C24H22N4O2S/c1-2-27(18-11-5-3-6-12-18)22(30)17-31-24-26-25-23(20-15-9-10-16-21(20)29)28(24)19-13-7-4-8-14-19/h3-16,29H,2,17H2,1H3. The number of rotatable bonds is 7. The monoisotopic (exact) mass is 430 g/mol. The van der Waals surface area contributed by atoms with E-state index >= 15 is 0 Å². The maximum Gasteiger partial charge on any atom is 0.237 e. The molecule has 0 aliphatic carbocycles. The summed E-state index contributed by atoms with van der Waals surface area (Å²) in [5.41, 5.74) is 2.31. The average molecular weight is 431 g/mol. The molecule has 0 spiro atoms. The van der Waals surface area contributed by atoms with Crippen molar-refractivity contribution in [2.75, 3.05) is 17.2 Å². The largest absolute Gasteiger partial charge is 0.507 e. The maximum atomic E-state index is 12.9. The van der Waals surface area contributed by atoms with Crippen molar-refractivity contribution in [2.45, 2.75) is 12.1 Å². The molecule has 0 radical (unpaired) electrons. The van der Waals surface area contributed by atoms with E-state index < -0.39 is 0 Å². The van der Waals surface area contributed by atoms with Gasteiger partial charge < -0.3 is 10.0 Å². The van der Waals surface area contributed by atoms with Gasteiger partial charge in [0.1, 0.15) is 5.75 Å². The Bertz CT molecular complexity index is 1160. The van der Waals surface area contributed by atoms with Crippen LogP contribution >= 0.6 is 11.8 Å². The number of hydrogen-bond donors (Lipinski definition) is 1. The lowest BCUT2D eigenvalue weighted by Crippen LogP contribution is -2.32. The van der Waals surface area contributed by atoms with E-state index in [0.717, 1.165) is 11.4 Å². The lowest BCUT2D eigenvalue weighted by Gasteiger charge is -2.20. The fourth-order valence-electron chi connectivity index (χ4n) is 3.33. The number of benzene rings is 3. The number of phenols is 1. The number of amides is 1. The second-order valence-electron chi connectivity index (χ2n) is 6.76. The van der Waals surface area contributed by atoms with Gasteiger partial charge in [0.2, 0.25) is 5.91 Å². The smallest absolute Gasteiger partial charge is 0.237 e. The molecule has 0 atom stereocenters. The van der Waals surface area contributed by atoms with Gasteiger partial charge in [0.25, 0.3) is 0 Å². The quantitative estimate of drug-likeness (QED) is 0.427. The number of anilines is 1. The molecule has 4 rings (SSSR count). The van der Waals surface area contributed by atoms with Crippen LogP contribution in [0.4, 0.5) is 5.69 Å². The van der Waals surface area contributed by atoms with Crippen molar-refractivity contribution in [2.24, 2.45) is 0 Å². The molecule has 0 aliphatic rings. The summed E-state index contributed by atoms with van der Waals surface area (Å²) in [6.07, 6.45) is 0. The van der Waals surface area contributed by atoms with E-state index in [9.17, 15) is 9.90 Å². The van der Waals surface area contributed by atoms with Gasteiger partial charge in [0, 0.05) is 17.9 Å². The summed E-state index contributed by atoms with van der Waals surface area (Å²) in [7, 11) is 0. The van der Waals surface area contributed by atoms with Crippen LogP contribution in [0, 0.1) is 0 Å². The molecule has 0 unspecified atom stereocenters. The minimum atomic E-state index is -0.00887. The lowest BCUT2D eigenvalue weighted by atomic mass is 10.2. The molecule has 0 bridgehead atoms. The van der Waals surface area contributed by atoms with Crippen LogP contribution in [-0.2, 0) is 4.79 Å². The average Bonchev–Trinajstić information content (AvgIpc) is 3.23. The van der Waals surface area contributed by atoms with Crippen molar-refractivity contribution < 1.29 is 9.90 Å². The number of hydrogen-bond acceptors (Lipinski definition) is 5. The molecule has 4 aromatic rings. The van der Waals surface area contributed by atoms with E-state index in [1.54, 1.807) is 23.1 Å². The van der Waals surface area contributed by atoms with Crippen LogP contribution < -0.4 is 4.90 Å². The predicted molar refractivity (Wildman–Crippen MR) is 124 cm³/mol. The zero-order valence-corrected chi connectivity index (χ0v) is 17.9. The summed E-state index contributed by atoms with van der Waals surface area (Å²) in [4.78, 5) is 14.7. The molecule has 0 aliphatic heterocycles. The van der Waals surface area contributed by atoms with E-state index in [1.165, 1.54) is 11.8 Å². The summed E-state index contributed by atoms with van der Waals surface area (Å²) in [5, 5.41) is 19.6. The van der Waals surface area contributed by atoms with E-state index in [4.69, 9.17) is 0 Å². The Labute approximate surface area is 185 Å². The topological polar surface area (TPSA) is 71.2 Å². The van der Waals surface area contributed by atoms with Crippen LogP contribution in [0.25, 0.3) is 17.1 Å². The van der Waals surface area contributed by atoms with Crippen LogP contribution in [0.3, 0.4) is 0 Å². The molecular weight excluding hydrogens is 408 g/mol. The first-order chi connectivity index (χ1) is 15.2. The van der Waals surface area contributed by atoms with Crippen molar-refractivity contribution in [1.82, 2.24) is 14.8 Å². The highest BCUT2D eigenvalue weighted by Gasteiger charge is 2.21. The van der Waals surface area contributed by atoms with Gasteiger partial charge in [-0.05, 0) is 43.3 Å². The maximum absolute atomic E-state index is 12.9. The van der Waals surface area contributed by atoms with Gasteiger partial charge in [-0.25, -0.2) is 0 Å². The Morgan fingerprint density at radius 1 is 0.935 bits per heavy atom. The van der Waals surface area contributed by atoms with Gasteiger partial charge in [0.05, 0.1) is 11.3 Å². The number of nitrogens with zero attached hydrogens (tertiary/aromatic N) is 4. The Hall–Kier alpha value is -3.58. The lowest BCUT2D eigenvalue weighted by molar-refractivity contribution is -0.116. The van der Waals surface area contributed by atoms with Crippen molar-refractivity contribution in [3.05, 3.63) is 84.9 Å². The molecule has 1 amide bonds. The number of aromatic nitrogens is 3. The van der Waals surface area contributed by atoms with E-state index in [2.05, 4.69) is 10.2 Å². The SMILES string of the molecule is CCN(C(=O)CSc1nnc(-c2ccccc2O)n1-c1ccccc1)c1ccccc1. The van der Waals surface area contributed by atoms with Crippen molar-refractivity contribution in [3.8, 4) is 22.8 Å². The second-order valence-corrected chi connectivity index (χ2v) is 7.70. The molecular formula is C24H22N4O2S. The highest BCUT2D eigenvalue weighted by atomic mass is 32.2. The van der Waals surface area contributed by atoms with Crippen molar-refractivity contribution >= 4 is 23.4 Å². The number of thioether (sulfide) groups is 1. The fourth-order valence-corrected chi connectivity index (χ4v) is 4.15. The normalized spacial score (nSPS) is 10.7. The van der Waals surface area contributed by atoms with Gasteiger partial charge in [-0.3, -0.25) is 9.36 Å². The Morgan fingerprint density at radius 3 is 2.26 bits per heavy atom. The van der Waals surface area contributed by atoms with Gasteiger partial charge in [-0.15, -0.1) is 10.2 Å². The summed E-state index contributed by atoms with van der Waals surface area (Å²) in [6.45, 7) is 2.54. The summed E-state index contributed by atoms with van der Waals surface area (Å²) >= 11 is 1.33. The van der Waals surface area contributed by atoms with E-state index in [-0.39, 0.29) is 17.4 Å². The van der Waals surface area contributed by atoms with Crippen LogP contribution in [0.2, 0.25) is 0 Å². The Kier molecular flexibility index (Phi) is 6.33. The molecule has 6 nitrogen and oxygen atoms in total. The van der Waals surface area contributed by atoms with E-state index in [0.29, 0.717) is 23.1 Å². The highest BCUT2D eigenvalue weighted by Crippen LogP contribution is 2.32. The zero-order chi connectivity index (χ0) is 21.6. The summed E-state index contributed by atoms with van der Waals surface area (Å²) in [5.74, 6) is 0.857. The molecule has 3 aromatic carbocycles. The second kappa shape index (κ2) is 9.49. The van der Waals surface area contributed by atoms with Crippen LogP contribution in [0.5, 0.6) is 5.75 Å². The summed E-state index contributed by atoms with van der Waals surface area (Å²) in [6, 6.07) is 26.3. The van der Waals surface area contributed by atoms with Crippen molar-refractivity contribution in [1.29, 1.82) is 0 Å². The minimum Gasteiger partial charge on any atom is -0.507 e. The number of aromatic hydroxyl groups is 1. The Morgan fingerprint density at radius 2 is 1.58 bits per heavy atom. The molecule has 1 heterocycles. The van der Waals surface area contributed by atoms with Gasteiger partial charge in [0.15, 0.2) is 11.0 Å². The minimum absolute atomic E-state index is 0.00887.